The zero-order valence-corrected chi connectivity index (χ0v) is 20.8. The minimum absolute atomic E-state index is 0.0353. The fourth-order valence-electron chi connectivity index (χ4n) is 3.89. The van der Waals surface area contributed by atoms with Crippen molar-refractivity contribution in [2.24, 2.45) is 0 Å². The highest BCUT2D eigenvalue weighted by Gasteiger charge is 2.32. The number of alkyl halides is 3. The monoisotopic (exact) mass is 524 g/mol. The van der Waals surface area contributed by atoms with E-state index in [1.54, 1.807) is 56.3 Å². The molecule has 0 saturated carbocycles. The molecule has 5 nitrogen and oxygen atoms in total. The van der Waals surface area contributed by atoms with Gasteiger partial charge in [-0.05, 0) is 62.1 Å². The van der Waals surface area contributed by atoms with E-state index >= 15 is 0 Å². The Labute approximate surface area is 207 Å². The number of aryl methyl sites for hydroxylation is 3. The Morgan fingerprint density at radius 1 is 0.971 bits per heavy atom. The topological polar surface area (TPSA) is 75.3 Å². The highest BCUT2D eigenvalue weighted by Crippen LogP contribution is 2.34. The molecule has 0 aliphatic heterocycles. The predicted molar refractivity (Wildman–Crippen MR) is 130 cm³/mol. The van der Waals surface area contributed by atoms with Crippen molar-refractivity contribution < 1.29 is 26.4 Å². The lowest BCUT2D eigenvalue weighted by atomic mass is 10.1. The van der Waals surface area contributed by atoms with Gasteiger partial charge in [0.1, 0.15) is 6.04 Å². The number of benzene rings is 3. The van der Waals surface area contributed by atoms with E-state index in [4.69, 9.17) is 11.6 Å². The van der Waals surface area contributed by atoms with E-state index in [-0.39, 0.29) is 22.0 Å². The summed E-state index contributed by atoms with van der Waals surface area (Å²) in [7, 11) is -4.16. The van der Waals surface area contributed by atoms with Gasteiger partial charge in [0.05, 0.1) is 21.2 Å². The van der Waals surface area contributed by atoms with E-state index in [1.165, 1.54) is 0 Å². The molecule has 0 unspecified atom stereocenters. The molecule has 3 rings (SSSR count). The van der Waals surface area contributed by atoms with Crippen molar-refractivity contribution >= 4 is 33.2 Å². The quantitative estimate of drug-likeness (QED) is 0.409. The van der Waals surface area contributed by atoms with Crippen LogP contribution >= 0.6 is 11.6 Å². The number of hydrogen-bond donors (Lipinski definition) is 2. The number of halogens is 4. The molecule has 0 spiro atoms. The average molecular weight is 525 g/mol. The third kappa shape index (κ3) is 6.62. The largest absolute Gasteiger partial charge is 0.416 e. The second-order valence-electron chi connectivity index (χ2n) is 8.27. The molecule has 2 N–H and O–H groups in total. The zero-order chi connectivity index (χ0) is 26.0. The van der Waals surface area contributed by atoms with Crippen molar-refractivity contribution in [1.82, 2.24) is 4.72 Å². The van der Waals surface area contributed by atoms with E-state index in [0.717, 1.165) is 17.7 Å². The van der Waals surface area contributed by atoms with Gasteiger partial charge in [0.2, 0.25) is 15.9 Å². The van der Waals surface area contributed by atoms with Crippen LogP contribution in [0.5, 0.6) is 0 Å². The second-order valence-corrected chi connectivity index (χ2v) is 10.3. The van der Waals surface area contributed by atoms with E-state index in [2.05, 4.69) is 10.0 Å². The average Bonchev–Trinajstić information content (AvgIpc) is 2.73. The third-order valence-electron chi connectivity index (χ3n) is 5.32. The number of carbonyl (C=O) groups excluding carboxylic acids is 1. The number of sulfonamides is 1. The highest BCUT2D eigenvalue weighted by atomic mass is 35.5. The maximum absolute atomic E-state index is 13.3. The smallest absolute Gasteiger partial charge is 0.323 e. The molecule has 1 amide bonds. The summed E-state index contributed by atoms with van der Waals surface area (Å²) in [5.74, 6) is -0.846. The van der Waals surface area contributed by atoms with E-state index in [9.17, 15) is 26.4 Å². The van der Waals surface area contributed by atoms with E-state index < -0.39 is 33.7 Å². The molecule has 0 heterocycles. The van der Waals surface area contributed by atoms with Gasteiger partial charge in [0, 0.05) is 0 Å². The van der Waals surface area contributed by atoms with Crippen LogP contribution < -0.4 is 10.0 Å². The van der Waals surface area contributed by atoms with Crippen molar-refractivity contribution in [1.29, 1.82) is 0 Å². The van der Waals surface area contributed by atoms with Crippen LogP contribution in [0.1, 0.15) is 27.8 Å². The van der Waals surface area contributed by atoms with Crippen LogP contribution in [0.2, 0.25) is 5.02 Å². The maximum Gasteiger partial charge on any atom is 0.416 e. The Morgan fingerprint density at radius 2 is 1.57 bits per heavy atom. The molecule has 10 heteroatoms. The molecule has 35 heavy (non-hydrogen) atoms. The first-order valence-corrected chi connectivity index (χ1v) is 12.5. The molecule has 3 aromatic carbocycles. The zero-order valence-electron chi connectivity index (χ0n) is 19.2. The number of hydrogen-bond acceptors (Lipinski definition) is 3. The fraction of sp³-hybridized carbons (Fsp3) is 0.240. The summed E-state index contributed by atoms with van der Waals surface area (Å²) in [6, 6.07) is 13.3. The van der Waals surface area contributed by atoms with E-state index in [1.807, 2.05) is 6.92 Å². The first-order valence-electron chi connectivity index (χ1n) is 10.6. The summed E-state index contributed by atoms with van der Waals surface area (Å²) in [5, 5.41) is 2.24. The van der Waals surface area contributed by atoms with Crippen LogP contribution in [0.3, 0.4) is 0 Å². The van der Waals surface area contributed by atoms with Crippen molar-refractivity contribution in [2.45, 2.75) is 44.3 Å². The molecule has 0 aliphatic rings. The minimum atomic E-state index is -4.64. The first-order chi connectivity index (χ1) is 16.3. The summed E-state index contributed by atoms with van der Waals surface area (Å²) in [5.41, 5.74) is 1.29. The van der Waals surface area contributed by atoms with Gasteiger partial charge in [-0.15, -0.1) is 0 Å². The number of carbonyl (C=O) groups is 1. The lowest BCUT2D eigenvalue weighted by molar-refractivity contribution is -0.137. The molecular weight excluding hydrogens is 501 g/mol. The van der Waals surface area contributed by atoms with Gasteiger partial charge < -0.3 is 5.32 Å². The van der Waals surface area contributed by atoms with Gasteiger partial charge in [-0.25, -0.2) is 8.42 Å². The van der Waals surface area contributed by atoms with Crippen LogP contribution in [0.4, 0.5) is 18.9 Å². The van der Waals surface area contributed by atoms with Gasteiger partial charge in [0.25, 0.3) is 0 Å². The first kappa shape index (κ1) is 26.7. The number of amides is 1. The fourth-order valence-corrected chi connectivity index (χ4v) is 5.70. The lowest BCUT2D eigenvalue weighted by Gasteiger charge is -2.21. The van der Waals surface area contributed by atoms with Gasteiger partial charge in [-0.2, -0.15) is 17.9 Å². The summed E-state index contributed by atoms with van der Waals surface area (Å²) in [6.07, 6.45) is -4.68. The number of rotatable bonds is 7. The van der Waals surface area contributed by atoms with Gasteiger partial charge >= 0.3 is 6.18 Å². The van der Waals surface area contributed by atoms with Crippen LogP contribution in [0.25, 0.3) is 0 Å². The third-order valence-corrected chi connectivity index (χ3v) is 7.43. The molecule has 0 fully saturated rings. The Morgan fingerprint density at radius 3 is 2.14 bits per heavy atom. The molecule has 0 aliphatic carbocycles. The van der Waals surface area contributed by atoms with Crippen molar-refractivity contribution in [3.63, 3.8) is 0 Å². The summed E-state index contributed by atoms with van der Waals surface area (Å²) >= 11 is 6.02. The molecular formula is C25H24ClF3N2O3S. The molecule has 0 bridgehead atoms. The summed E-state index contributed by atoms with van der Waals surface area (Å²) in [4.78, 5) is 13.2. The summed E-state index contributed by atoms with van der Waals surface area (Å²) in [6.45, 7) is 5.15. The van der Waals surface area contributed by atoms with Crippen LogP contribution in [0.15, 0.2) is 65.6 Å². The van der Waals surface area contributed by atoms with Gasteiger partial charge in [-0.1, -0.05) is 59.6 Å². The molecule has 0 radical (unpaired) electrons. The Kier molecular flexibility index (Phi) is 7.93. The van der Waals surface area contributed by atoms with Crippen LogP contribution in [0, 0.1) is 20.8 Å². The molecule has 3 aromatic rings. The minimum Gasteiger partial charge on any atom is -0.323 e. The highest BCUT2D eigenvalue weighted by molar-refractivity contribution is 7.89. The molecule has 0 saturated heterocycles. The Balaban J connectivity index is 1.97. The summed E-state index contributed by atoms with van der Waals surface area (Å²) < 4.78 is 68.5. The Bertz CT molecular complexity index is 1320. The molecule has 186 valence electrons. The van der Waals surface area contributed by atoms with Crippen molar-refractivity contribution in [2.75, 3.05) is 5.32 Å². The maximum atomic E-state index is 13.3. The second kappa shape index (κ2) is 10.4. The number of nitrogens with one attached hydrogen (secondary N) is 2. The standard InChI is InChI=1S/C25H24ClF3N2O3S/c1-15-11-16(2)23(17(3)12-15)35(33,34)31-22(13-18-7-5-4-6-8-18)24(32)30-21-14-19(25(27,28)29)9-10-20(21)26/h4-12,14,22,31H,13H2,1-3H3,(H,30,32)/t22-/m0/s1. The van der Waals surface area contributed by atoms with Crippen molar-refractivity contribution in [3.05, 3.63) is 93.5 Å². The number of anilines is 1. The van der Waals surface area contributed by atoms with Gasteiger partial charge in [-0.3, -0.25) is 4.79 Å². The predicted octanol–water partition coefficient (Wildman–Crippen LogP) is 5.81. The van der Waals surface area contributed by atoms with Crippen molar-refractivity contribution in [3.8, 4) is 0 Å². The normalized spacial score (nSPS) is 12.9. The van der Waals surface area contributed by atoms with Crippen LogP contribution in [-0.2, 0) is 27.4 Å². The van der Waals surface area contributed by atoms with E-state index in [0.29, 0.717) is 22.8 Å². The van der Waals surface area contributed by atoms with Gasteiger partial charge in [0.15, 0.2) is 0 Å². The van der Waals surface area contributed by atoms with Crippen LogP contribution in [-0.4, -0.2) is 20.4 Å². The SMILES string of the molecule is Cc1cc(C)c(S(=O)(=O)N[C@@H](Cc2ccccc2)C(=O)Nc2cc(C(F)(F)F)ccc2Cl)c(C)c1. The molecule has 1 atom stereocenters. The Hall–Kier alpha value is -2.88. The lowest BCUT2D eigenvalue weighted by Crippen LogP contribution is -2.45. The molecule has 0 aromatic heterocycles.